The number of rotatable bonds is 6. The molecule has 32 heavy (non-hydrogen) atoms. The second kappa shape index (κ2) is 8.86. The molecule has 0 fully saturated rings. The molecule has 8 heteroatoms. The third-order valence-electron chi connectivity index (χ3n) is 5.21. The van der Waals surface area contributed by atoms with E-state index in [4.69, 9.17) is 0 Å². The molecule has 3 aromatic carbocycles. The Hall–Kier alpha value is -3.62. The number of carbonyl (C=O) groups is 3. The van der Waals surface area contributed by atoms with E-state index in [9.17, 15) is 22.8 Å². The van der Waals surface area contributed by atoms with Crippen LogP contribution in [0.3, 0.4) is 0 Å². The van der Waals surface area contributed by atoms with Crippen LogP contribution in [0, 0.1) is 0 Å². The van der Waals surface area contributed by atoms with Gasteiger partial charge in [0.1, 0.15) is 0 Å². The molecule has 1 N–H and O–H groups in total. The van der Waals surface area contributed by atoms with Gasteiger partial charge >= 0.3 is 0 Å². The first kappa shape index (κ1) is 21.6. The number of benzene rings is 3. The monoisotopic (exact) mass is 448 g/mol. The predicted molar refractivity (Wildman–Crippen MR) is 118 cm³/mol. The van der Waals surface area contributed by atoms with Gasteiger partial charge in [-0.1, -0.05) is 72.8 Å². The number of hydrogen-bond acceptors (Lipinski definition) is 5. The summed E-state index contributed by atoms with van der Waals surface area (Å²) in [6.07, 6.45) is 0. The van der Waals surface area contributed by atoms with Gasteiger partial charge in [0, 0.05) is 17.7 Å². The lowest BCUT2D eigenvalue weighted by Crippen LogP contribution is -2.56. The molecular weight excluding hydrogens is 428 g/mol. The van der Waals surface area contributed by atoms with Crippen molar-refractivity contribution < 1.29 is 22.8 Å². The molecule has 1 unspecified atom stereocenters. The number of hydrogen-bond donors (Lipinski definition) is 1. The molecule has 3 aromatic rings. The van der Waals surface area contributed by atoms with Crippen LogP contribution in [0.15, 0.2) is 89.8 Å². The molecule has 1 atom stereocenters. The Morgan fingerprint density at radius 1 is 0.844 bits per heavy atom. The van der Waals surface area contributed by atoms with Gasteiger partial charge in [0.2, 0.25) is 15.9 Å². The van der Waals surface area contributed by atoms with Crippen LogP contribution in [0.2, 0.25) is 0 Å². The summed E-state index contributed by atoms with van der Waals surface area (Å²) in [7, 11) is -4.27. The van der Waals surface area contributed by atoms with Crippen molar-refractivity contribution in [3.05, 3.63) is 102 Å². The average Bonchev–Trinajstić information content (AvgIpc) is 2.82. The van der Waals surface area contributed by atoms with E-state index in [0.717, 1.165) is 5.56 Å². The summed E-state index contributed by atoms with van der Waals surface area (Å²) < 4.78 is 27.4. The molecule has 0 aliphatic carbocycles. The Labute approximate surface area is 185 Å². The van der Waals surface area contributed by atoms with Crippen LogP contribution in [-0.4, -0.2) is 42.8 Å². The summed E-state index contributed by atoms with van der Waals surface area (Å²) in [5.74, 6) is -1.94. The standard InChI is InChI=1S/C24H20N2O5S/c27-21(25-15-17-9-3-1-4-10-17)16-26-22(23(28)18-11-5-2-6-12-18)24(29)19-13-7-8-14-20(19)32(26,30)31/h1-14,22H,15-16H2,(H,25,27). The maximum Gasteiger partial charge on any atom is 0.245 e. The molecule has 7 nitrogen and oxygen atoms in total. The highest BCUT2D eigenvalue weighted by Gasteiger charge is 2.48. The van der Waals surface area contributed by atoms with Crippen molar-refractivity contribution in [2.45, 2.75) is 17.5 Å². The summed E-state index contributed by atoms with van der Waals surface area (Å²) in [6.45, 7) is -0.464. The van der Waals surface area contributed by atoms with Crippen LogP contribution in [0.5, 0.6) is 0 Å². The van der Waals surface area contributed by atoms with E-state index < -0.39 is 40.1 Å². The first-order chi connectivity index (χ1) is 15.4. The topological polar surface area (TPSA) is 101 Å². The molecule has 1 amide bonds. The molecule has 4 rings (SSSR count). The molecule has 0 saturated heterocycles. The van der Waals surface area contributed by atoms with Crippen molar-refractivity contribution in [3.8, 4) is 0 Å². The minimum atomic E-state index is -4.27. The van der Waals surface area contributed by atoms with Crippen LogP contribution in [-0.2, 0) is 21.4 Å². The Bertz CT molecular complexity index is 1270. The lowest BCUT2D eigenvalue weighted by atomic mass is 9.96. The summed E-state index contributed by atoms with van der Waals surface area (Å²) >= 11 is 0. The van der Waals surface area contributed by atoms with Gasteiger partial charge in [0.25, 0.3) is 0 Å². The fraction of sp³-hybridized carbons (Fsp3) is 0.125. The van der Waals surface area contributed by atoms with E-state index in [-0.39, 0.29) is 22.6 Å². The Morgan fingerprint density at radius 2 is 1.44 bits per heavy atom. The van der Waals surface area contributed by atoms with Crippen LogP contribution >= 0.6 is 0 Å². The van der Waals surface area contributed by atoms with Crippen molar-refractivity contribution in [2.24, 2.45) is 0 Å². The normalized spacial score (nSPS) is 17.4. The highest BCUT2D eigenvalue weighted by molar-refractivity contribution is 7.89. The molecule has 0 bridgehead atoms. The van der Waals surface area contributed by atoms with Crippen molar-refractivity contribution in [1.82, 2.24) is 9.62 Å². The van der Waals surface area contributed by atoms with Crippen molar-refractivity contribution >= 4 is 27.5 Å². The number of carbonyl (C=O) groups excluding carboxylic acids is 3. The third kappa shape index (κ3) is 4.10. The van der Waals surface area contributed by atoms with Gasteiger partial charge in [-0.2, -0.15) is 4.31 Å². The maximum absolute atomic E-state index is 13.3. The second-order valence-corrected chi connectivity index (χ2v) is 9.16. The maximum atomic E-state index is 13.3. The summed E-state index contributed by atoms with van der Waals surface area (Å²) in [4.78, 5) is 38.9. The van der Waals surface area contributed by atoms with Gasteiger partial charge in [0.15, 0.2) is 17.6 Å². The molecule has 1 aliphatic rings. The largest absolute Gasteiger partial charge is 0.351 e. The Balaban J connectivity index is 1.68. The van der Waals surface area contributed by atoms with Gasteiger partial charge in [-0.3, -0.25) is 14.4 Å². The first-order valence-corrected chi connectivity index (χ1v) is 11.4. The van der Waals surface area contributed by atoms with Crippen molar-refractivity contribution in [1.29, 1.82) is 0 Å². The van der Waals surface area contributed by atoms with Gasteiger partial charge in [-0.25, -0.2) is 8.42 Å². The average molecular weight is 449 g/mol. The van der Waals surface area contributed by atoms with Crippen LogP contribution in [0.4, 0.5) is 0 Å². The number of nitrogens with one attached hydrogen (secondary N) is 1. The lowest BCUT2D eigenvalue weighted by Gasteiger charge is -2.33. The highest BCUT2D eigenvalue weighted by Crippen LogP contribution is 2.31. The van der Waals surface area contributed by atoms with Gasteiger partial charge in [-0.15, -0.1) is 0 Å². The quantitative estimate of drug-likeness (QED) is 0.461. The Morgan fingerprint density at radius 3 is 2.12 bits per heavy atom. The predicted octanol–water partition coefficient (Wildman–Crippen LogP) is 2.44. The summed E-state index contributed by atoms with van der Waals surface area (Å²) in [5.41, 5.74) is 0.971. The molecule has 1 heterocycles. The SMILES string of the molecule is O=C(CN1C(C(=O)c2ccccc2)C(=O)c2ccccc2S1(=O)=O)NCc1ccccc1. The Kier molecular flexibility index (Phi) is 5.98. The van der Waals surface area contributed by atoms with Gasteiger partial charge in [0.05, 0.1) is 11.4 Å². The smallest absolute Gasteiger partial charge is 0.245 e. The number of ketones is 2. The zero-order chi connectivity index (χ0) is 22.7. The van der Waals surface area contributed by atoms with E-state index >= 15 is 0 Å². The minimum absolute atomic E-state index is 0.0530. The van der Waals surface area contributed by atoms with Gasteiger partial charge < -0.3 is 5.32 Å². The van der Waals surface area contributed by atoms with Crippen LogP contribution < -0.4 is 5.32 Å². The number of fused-ring (bicyclic) bond motifs is 1. The van der Waals surface area contributed by atoms with E-state index in [0.29, 0.717) is 4.31 Å². The zero-order valence-corrected chi connectivity index (χ0v) is 17.8. The zero-order valence-electron chi connectivity index (χ0n) is 17.0. The van der Waals surface area contributed by atoms with Crippen molar-refractivity contribution in [3.63, 3.8) is 0 Å². The van der Waals surface area contributed by atoms with E-state index in [2.05, 4.69) is 5.32 Å². The summed E-state index contributed by atoms with van der Waals surface area (Å²) in [5, 5.41) is 2.65. The highest BCUT2D eigenvalue weighted by atomic mass is 32.2. The van der Waals surface area contributed by atoms with Crippen molar-refractivity contribution in [2.75, 3.05) is 6.54 Å². The lowest BCUT2D eigenvalue weighted by molar-refractivity contribution is -0.121. The second-order valence-electron chi connectivity index (χ2n) is 7.31. The minimum Gasteiger partial charge on any atom is -0.351 e. The fourth-order valence-electron chi connectivity index (χ4n) is 3.62. The van der Waals surface area contributed by atoms with E-state index in [1.807, 2.05) is 30.3 Å². The molecular formula is C24H20N2O5S. The fourth-order valence-corrected chi connectivity index (χ4v) is 5.32. The summed E-state index contributed by atoms with van der Waals surface area (Å²) in [6, 6.07) is 21.2. The van der Waals surface area contributed by atoms with Crippen LogP contribution in [0.25, 0.3) is 0 Å². The molecule has 0 aromatic heterocycles. The number of nitrogens with zero attached hydrogens (tertiary/aromatic N) is 1. The first-order valence-electron chi connectivity index (χ1n) is 9.94. The van der Waals surface area contributed by atoms with E-state index in [1.165, 1.54) is 30.3 Å². The molecule has 162 valence electrons. The van der Waals surface area contributed by atoms with Crippen LogP contribution in [0.1, 0.15) is 26.3 Å². The molecule has 0 spiro atoms. The molecule has 1 aliphatic heterocycles. The van der Waals surface area contributed by atoms with E-state index in [1.54, 1.807) is 24.3 Å². The number of sulfonamides is 1. The number of Topliss-reactive ketones (excluding diaryl/α,β-unsaturated/α-hetero) is 2. The third-order valence-corrected chi connectivity index (χ3v) is 7.08. The molecule has 0 radical (unpaired) electrons. The molecule has 0 saturated carbocycles. The number of amides is 1. The van der Waals surface area contributed by atoms with Gasteiger partial charge in [-0.05, 0) is 17.7 Å².